The van der Waals surface area contributed by atoms with Gasteiger partial charge in [-0.2, -0.15) is 0 Å². The van der Waals surface area contributed by atoms with E-state index in [2.05, 4.69) is 30.9 Å². The zero-order chi connectivity index (χ0) is 20.5. The molecule has 2 aromatic carbocycles. The molecule has 1 amide bonds. The first-order chi connectivity index (χ1) is 14.0. The van der Waals surface area contributed by atoms with Crippen molar-refractivity contribution < 1.29 is 14.3 Å². The molecule has 0 unspecified atom stereocenters. The topological polar surface area (TPSA) is 54.9 Å². The van der Waals surface area contributed by atoms with Gasteiger partial charge in [0.2, 0.25) is 0 Å². The molecule has 4 rings (SSSR count). The summed E-state index contributed by atoms with van der Waals surface area (Å²) in [4.78, 5) is 22.1. The van der Waals surface area contributed by atoms with Gasteiger partial charge in [-0.25, -0.2) is 4.98 Å². The molecule has 0 aliphatic carbocycles. The van der Waals surface area contributed by atoms with E-state index in [9.17, 15) is 4.79 Å². The van der Waals surface area contributed by atoms with Crippen LogP contribution in [0.5, 0.6) is 11.5 Å². The van der Waals surface area contributed by atoms with E-state index in [1.807, 2.05) is 11.0 Å². The van der Waals surface area contributed by atoms with Crippen LogP contribution in [0.15, 0.2) is 30.3 Å². The van der Waals surface area contributed by atoms with Gasteiger partial charge in [-0.3, -0.25) is 4.79 Å². The Bertz CT molecular complexity index is 1050. The molecular weight excluding hydrogens is 386 g/mol. The summed E-state index contributed by atoms with van der Waals surface area (Å²) < 4.78 is 12.0. The molecule has 7 heteroatoms. The minimum Gasteiger partial charge on any atom is -0.493 e. The summed E-state index contributed by atoms with van der Waals surface area (Å²) in [5.41, 5.74) is 4.12. The number of amides is 1. The van der Waals surface area contributed by atoms with Crippen LogP contribution in [0.25, 0.3) is 10.2 Å². The van der Waals surface area contributed by atoms with Crippen molar-refractivity contribution in [3.8, 4) is 11.5 Å². The Morgan fingerprint density at radius 3 is 2.48 bits per heavy atom. The number of methoxy groups -OCH3 is 2. The van der Waals surface area contributed by atoms with Crippen molar-refractivity contribution in [2.24, 2.45) is 0 Å². The van der Waals surface area contributed by atoms with Gasteiger partial charge in [-0.15, -0.1) is 0 Å². The molecule has 0 radical (unpaired) electrons. The summed E-state index contributed by atoms with van der Waals surface area (Å²) in [5.74, 6) is 1.02. The fourth-order valence-corrected chi connectivity index (χ4v) is 4.75. The third-order valence-corrected chi connectivity index (χ3v) is 6.63. The molecule has 152 valence electrons. The summed E-state index contributed by atoms with van der Waals surface area (Å²) in [5, 5.41) is 1.03. The normalized spacial score (nSPS) is 14.3. The number of aromatic nitrogens is 1. The fraction of sp³-hybridized carbons (Fsp3) is 0.364. The van der Waals surface area contributed by atoms with Crippen LogP contribution in [-0.4, -0.2) is 56.2 Å². The van der Waals surface area contributed by atoms with Crippen LogP contribution in [0.2, 0.25) is 0 Å². The standard InChI is InChI=1S/C22H25N3O3S/c1-14-8-9-18-19(15(14)2)23-22(29-18)25-12-10-24(11-13-25)21(26)16-6-5-7-17(27-3)20(16)28-4/h5-9H,10-13H2,1-4H3. The average molecular weight is 412 g/mol. The lowest BCUT2D eigenvalue weighted by atomic mass is 10.1. The fourth-order valence-electron chi connectivity index (χ4n) is 3.68. The molecule has 1 saturated heterocycles. The van der Waals surface area contributed by atoms with Gasteiger partial charge >= 0.3 is 0 Å². The van der Waals surface area contributed by atoms with Crippen molar-refractivity contribution in [3.05, 3.63) is 47.0 Å². The smallest absolute Gasteiger partial charge is 0.257 e. The zero-order valence-electron chi connectivity index (χ0n) is 17.2. The molecule has 0 atom stereocenters. The summed E-state index contributed by atoms with van der Waals surface area (Å²) in [6.07, 6.45) is 0. The molecule has 0 bridgehead atoms. The van der Waals surface area contributed by atoms with Gasteiger partial charge in [0.1, 0.15) is 0 Å². The monoisotopic (exact) mass is 411 g/mol. The lowest BCUT2D eigenvalue weighted by Gasteiger charge is -2.34. The van der Waals surface area contributed by atoms with Crippen LogP contribution in [0.1, 0.15) is 21.5 Å². The number of aryl methyl sites for hydroxylation is 2. The number of ether oxygens (including phenoxy) is 2. The van der Waals surface area contributed by atoms with E-state index in [4.69, 9.17) is 14.5 Å². The van der Waals surface area contributed by atoms with Crippen LogP contribution in [0, 0.1) is 13.8 Å². The number of thiazole rings is 1. The molecule has 1 aromatic heterocycles. The highest BCUT2D eigenvalue weighted by Crippen LogP contribution is 2.34. The third-order valence-electron chi connectivity index (χ3n) is 5.54. The van der Waals surface area contributed by atoms with Gasteiger partial charge in [0.15, 0.2) is 16.6 Å². The molecule has 0 N–H and O–H groups in total. The van der Waals surface area contributed by atoms with Gasteiger partial charge < -0.3 is 19.3 Å². The highest BCUT2D eigenvalue weighted by Gasteiger charge is 2.27. The lowest BCUT2D eigenvalue weighted by Crippen LogP contribution is -2.48. The maximum atomic E-state index is 13.1. The Hall–Kier alpha value is -2.80. The number of carbonyl (C=O) groups is 1. The van der Waals surface area contributed by atoms with Gasteiger partial charge in [0, 0.05) is 26.2 Å². The van der Waals surface area contributed by atoms with Crippen LogP contribution >= 0.6 is 11.3 Å². The number of fused-ring (bicyclic) bond motifs is 1. The van der Waals surface area contributed by atoms with Crippen molar-refractivity contribution in [1.82, 2.24) is 9.88 Å². The van der Waals surface area contributed by atoms with Crippen LogP contribution in [-0.2, 0) is 0 Å². The Labute approximate surface area is 174 Å². The number of carbonyl (C=O) groups excluding carboxylic acids is 1. The number of piperazine rings is 1. The number of para-hydroxylation sites is 1. The Kier molecular flexibility index (Phi) is 5.32. The van der Waals surface area contributed by atoms with Crippen LogP contribution < -0.4 is 14.4 Å². The predicted octanol–water partition coefficient (Wildman–Crippen LogP) is 3.89. The van der Waals surface area contributed by atoms with Gasteiger partial charge in [0.25, 0.3) is 5.91 Å². The van der Waals surface area contributed by atoms with E-state index in [0.29, 0.717) is 30.2 Å². The predicted molar refractivity (Wildman–Crippen MR) is 117 cm³/mol. The van der Waals surface area contributed by atoms with Crippen molar-refractivity contribution in [2.45, 2.75) is 13.8 Å². The lowest BCUT2D eigenvalue weighted by molar-refractivity contribution is 0.0742. The second-order valence-corrected chi connectivity index (χ2v) is 8.18. The largest absolute Gasteiger partial charge is 0.493 e. The molecule has 1 aliphatic heterocycles. The molecule has 1 aliphatic rings. The molecule has 2 heterocycles. The molecule has 0 saturated carbocycles. The van der Waals surface area contributed by atoms with Gasteiger partial charge in [-0.1, -0.05) is 23.5 Å². The maximum absolute atomic E-state index is 13.1. The minimum absolute atomic E-state index is 0.0313. The molecule has 0 spiro atoms. The highest BCUT2D eigenvalue weighted by atomic mass is 32.1. The summed E-state index contributed by atoms with van der Waals surface area (Å²) in [7, 11) is 3.13. The number of nitrogens with zero attached hydrogens (tertiary/aromatic N) is 3. The zero-order valence-corrected chi connectivity index (χ0v) is 18.0. The van der Waals surface area contributed by atoms with E-state index in [0.717, 1.165) is 23.7 Å². The Morgan fingerprint density at radius 1 is 1.03 bits per heavy atom. The van der Waals surface area contributed by atoms with Crippen LogP contribution in [0.4, 0.5) is 5.13 Å². The average Bonchev–Trinajstić information content (AvgIpc) is 3.20. The highest BCUT2D eigenvalue weighted by molar-refractivity contribution is 7.22. The number of rotatable bonds is 4. The molecule has 29 heavy (non-hydrogen) atoms. The van der Waals surface area contributed by atoms with E-state index >= 15 is 0 Å². The van der Waals surface area contributed by atoms with E-state index in [-0.39, 0.29) is 5.91 Å². The van der Waals surface area contributed by atoms with Crippen molar-refractivity contribution in [3.63, 3.8) is 0 Å². The van der Waals surface area contributed by atoms with Crippen molar-refractivity contribution >= 4 is 32.6 Å². The molecule has 1 fully saturated rings. The Morgan fingerprint density at radius 2 is 1.79 bits per heavy atom. The second kappa shape index (κ2) is 7.91. The van der Waals surface area contributed by atoms with E-state index in [1.54, 1.807) is 37.7 Å². The number of anilines is 1. The van der Waals surface area contributed by atoms with E-state index in [1.165, 1.54) is 15.8 Å². The van der Waals surface area contributed by atoms with Gasteiger partial charge in [0.05, 0.1) is 30.0 Å². The maximum Gasteiger partial charge on any atom is 0.257 e. The second-order valence-electron chi connectivity index (χ2n) is 7.17. The molecule has 6 nitrogen and oxygen atoms in total. The minimum atomic E-state index is -0.0313. The summed E-state index contributed by atoms with van der Waals surface area (Å²) in [6.45, 7) is 7.05. The molecule has 3 aromatic rings. The quantitative estimate of drug-likeness (QED) is 0.652. The van der Waals surface area contributed by atoms with Gasteiger partial charge in [-0.05, 0) is 43.2 Å². The third kappa shape index (κ3) is 3.51. The number of hydrogen-bond donors (Lipinski definition) is 0. The van der Waals surface area contributed by atoms with E-state index < -0.39 is 0 Å². The van der Waals surface area contributed by atoms with Crippen molar-refractivity contribution in [2.75, 3.05) is 45.3 Å². The summed E-state index contributed by atoms with van der Waals surface area (Å²) in [6, 6.07) is 9.70. The molecular formula is C22H25N3O3S. The Balaban J connectivity index is 1.50. The first-order valence-corrected chi connectivity index (χ1v) is 10.5. The first-order valence-electron chi connectivity index (χ1n) is 9.65. The van der Waals surface area contributed by atoms with Crippen LogP contribution in [0.3, 0.4) is 0 Å². The number of hydrogen-bond acceptors (Lipinski definition) is 6. The first kappa shape index (κ1) is 19.5. The number of benzene rings is 2. The summed E-state index contributed by atoms with van der Waals surface area (Å²) >= 11 is 1.72. The van der Waals surface area contributed by atoms with Crippen molar-refractivity contribution in [1.29, 1.82) is 0 Å². The SMILES string of the molecule is COc1cccc(C(=O)N2CCN(c3nc4c(C)c(C)ccc4s3)CC2)c1OC.